The van der Waals surface area contributed by atoms with Gasteiger partial charge in [-0.15, -0.1) is 11.3 Å². The lowest BCUT2D eigenvalue weighted by Crippen LogP contribution is -2.43. The summed E-state index contributed by atoms with van der Waals surface area (Å²) >= 11 is 1.57. The highest BCUT2D eigenvalue weighted by atomic mass is 32.1. The lowest BCUT2D eigenvalue weighted by molar-refractivity contribution is -0.144. The number of nitrogens with one attached hydrogen (secondary N) is 1. The first kappa shape index (κ1) is 9.68. The van der Waals surface area contributed by atoms with E-state index in [0.29, 0.717) is 6.42 Å². The summed E-state index contributed by atoms with van der Waals surface area (Å²) in [5.74, 6) is -0.753. The van der Waals surface area contributed by atoms with Crippen molar-refractivity contribution in [3.63, 3.8) is 0 Å². The van der Waals surface area contributed by atoms with Crippen LogP contribution in [-0.2, 0) is 10.3 Å². The Morgan fingerprint density at radius 3 is 2.86 bits per heavy atom. The summed E-state index contributed by atoms with van der Waals surface area (Å²) in [5, 5.41) is 12.4. The third-order valence-corrected chi connectivity index (χ3v) is 3.84. The summed E-state index contributed by atoms with van der Waals surface area (Å²) in [6.45, 7) is 2.79. The van der Waals surface area contributed by atoms with E-state index in [2.05, 4.69) is 5.32 Å². The van der Waals surface area contributed by atoms with Crippen LogP contribution < -0.4 is 5.32 Å². The molecule has 0 radical (unpaired) electrons. The molecule has 1 aromatic rings. The molecular weight excluding hydrogens is 198 g/mol. The van der Waals surface area contributed by atoms with Gasteiger partial charge in [0.1, 0.15) is 0 Å². The van der Waals surface area contributed by atoms with Crippen molar-refractivity contribution in [2.45, 2.75) is 25.3 Å². The van der Waals surface area contributed by atoms with Gasteiger partial charge < -0.3 is 5.11 Å². The van der Waals surface area contributed by atoms with E-state index in [1.165, 1.54) is 0 Å². The lowest BCUT2D eigenvalue weighted by Gasteiger charge is -2.22. The molecule has 0 amide bonds. The Bertz CT molecular complexity index is 353. The average Bonchev–Trinajstić information content (AvgIpc) is 2.71. The summed E-state index contributed by atoms with van der Waals surface area (Å²) in [6, 6.07) is 3.90. The van der Waals surface area contributed by atoms with E-state index in [0.717, 1.165) is 22.7 Å². The number of hydrogen-bond donors (Lipinski definition) is 2. The van der Waals surface area contributed by atoms with Crippen LogP contribution in [0.3, 0.4) is 0 Å². The number of carboxylic acids is 1. The molecule has 4 heteroatoms. The molecule has 1 aliphatic rings. The number of carbonyl (C=O) groups is 1. The van der Waals surface area contributed by atoms with Gasteiger partial charge in [0.25, 0.3) is 0 Å². The molecule has 1 unspecified atom stereocenters. The highest BCUT2D eigenvalue weighted by Gasteiger charge is 2.43. The van der Waals surface area contributed by atoms with Crippen molar-refractivity contribution in [1.82, 2.24) is 5.32 Å². The second-order valence-corrected chi connectivity index (χ2v) is 4.94. The van der Waals surface area contributed by atoms with Crippen molar-refractivity contribution < 1.29 is 9.90 Å². The largest absolute Gasteiger partial charge is 0.480 e. The fourth-order valence-corrected chi connectivity index (χ4v) is 2.96. The van der Waals surface area contributed by atoms with Crippen LogP contribution in [0.1, 0.15) is 22.6 Å². The maximum atomic E-state index is 11.3. The summed E-state index contributed by atoms with van der Waals surface area (Å²) in [5.41, 5.74) is -0.807. The Labute approximate surface area is 86.8 Å². The first-order valence-corrected chi connectivity index (χ1v) is 5.52. The van der Waals surface area contributed by atoms with Gasteiger partial charge in [0.15, 0.2) is 5.54 Å². The van der Waals surface area contributed by atoms with Crippen LogP contribution in [-0.4, -0.2) is 17.6 Å². The van der Waals surface area contributed by atoms with Crippen molar-refractivity contribution in [2.24, 2.45) is 0 Å². The second-order valence-electron chi connectivity index (χ2n) is 3.65. The fraction of sp³-hybridized carbons (Fsp3) is 0.500. The minimum atomic E-state index is -0.807. The zero-order valence-electron chi connectivity index (χ0n) is 8.04. The molecule has 2 N–H and O–H groups in total. The van der Waals surface area contributed by atoms with Crippen LogP contribution >= 0.6 is 11.3 Å². The molecule has 3 nitrogen and oxygen atoms in total. The maximum Gasteiger partial charge on any atom is 0.329 e. The molecule has 2 rings (SSSR count). The Hall–Kier alpha value is -0.870. The van der Waals surface area contributed by atoms with E-state index in [1.54, 1.807) is 11.3 Å². The zero-order valence-corrected chi connectivity index (χ0v) is 8.86. The van der Waals surface area contributed by atoms with Crippen LogP contribution in [0.2, 0.25) is 0 Å². The zero-order chi connectivity index (χ0) is 10.2. The van der Waals surface area contributed by atoms with Gasteiger partial charge in [-0.3, -0.25) is 5.32 Å². The molecule has 0 spiro atoms. The first-order chi connectivity index (χ1) is 6.65. The maximum absolute atomic E-state index is 11.3. The lowest BCUT2D eigenvalue weighted by atomic mass is 9.96. The van der Waals surface area contributed by atoms with Crippen molar-refractivity contribution >= 4 is 17.3 Å². The summed E-state index contributed by atoms with van der Waals surface area (Å²) in [4.78, 5) is 13.4. The van der Waals surface area contributed by atoms with Crippen LogP contribution in [0.25, 0.3) is 0 Å². The van der Waals surface area contributed by atoms with Gasteiger partial charge in [-0.2, -0.15) is 0 Å². The van der Waals surface area contributed by atoms with Crippen LogP contribution in [0.4, 0.5) is 0 Å². The van der Waals surface area contributed by atoms with E-state index in [1.807, 2.05) is 19.1 Å². The van der Waals surface area contributed by atoms with Crippen molar-refractivity contribution in [1.29, 1.82) is 0 Å². The summed E-state index contributed by atoms with van der Waals surface area (Å²) in [7, 11) is 0. The van der Waals surface area contributed by atoms with E-state index in [4.69, 9.17) is 0 Å². The van der Waals surface area contributed by atoms with Gasteiger partial charge >= 0.3 is 5.97 Å². The van der Waals surface area contributed by atoms with Crippen LogP contribution in [0.15, 0.2) is 12.1 Å². The molecule has 1 aromatic heterocycles. The molecule has 0 saturated carbocycles. The minimum Gasteiger partial charge on any atom is -0.480 e. The molecule has 0 bridgehead atoms. The Balaban J connectivity index is 2.41. The molecule has 0 aromatic carbocycles. The molecule has 14 heavy (non-hydrogen) atoms. The van der Waals surface area contributed by atoms with E-state index in [-0.39, 0.29) is 0 Å². The monoisotopic (exact) mass is 211 g/mol. The molecule has 1 fully saturated rings. The molecule has 1 atom stereocenters. The van der Waals surface area contributed by atoms with Crippen molar-refractivity contribution in [3.8, 4) is 0 Å². The van der Waals surface area contributed by atoms with E-state index >= 15 is 0 Å². The fourth-order valence-electron chi connectivity index (χ4n) is 1.91. The number of thiophene rings is 1. The van der Waals surface area contributed by atoms with Gasteiger partial charge in [-0.1, -0.05) is 0 Å². The van der Waals surface area contributed by atoms with E-state index in [9.17, 15) is 9.90 Å². The quantitative estimate of drug-likeness (QED) is 0.783. The van der Waals surface area contributed by atoms with Gasteiger partial charge in [0.2, 0.25) is 0 Å². The van der Waals surface area contributed by atoms with Gasteiger partial charge in [0, 0.05) is 9.75 Å². The van der Waals surface area contributed by atoms with Gasteiger partial charge in [0.05, 0.1) is 0 Å². The second kappa shape index (κ2) is 3.37. The number of hydrogen-bond acceptors (Lipinski definition) is 3. The Morgan fingerprint density at radius 1 is 1.64 bits per heavy atom. The van der Waals surface area contributed by atoms with Gasteiger partial charge in [-0.05, 0) is 38.4 Å². The third kappa shape index (κ3) is 1.35. The number of carboxylic acid groups (broad SMARTS) is 1. The SMILES string of the molecule is Cc1ccc(C2(C(=O)O)CCCN2)s1. The van der Waals surface area contributed by atoms with E-state index < -0.39 is 11.5 Å². The predicted molar refractivity (Wildman–Crippen MR) is 55.6 cm³/mol. The van der Waals surface area contributed by atoms with Crippen LogP contribution in [0, 0.1) is 6.92 Å². The predicted octanol–water partition coefficient (Wildman–Crippen LogP) is 1.72. The van der Waals surface area contributed by atoms with Crippen LogP contribution in [0.5, 0.6) is 0 Å². The molecule has 1 saturated heterocycles. The highest BCUT2D eigenvalue weighted by molar-refractivity contribution is 7.12. The Kier molecular flexibility index (Phi) is 2.33. The van der Waals surface area contributed by atoms with Crippen molar-refractivity contribution in [3.05, 3.63) is 21.9 Å². The normalized spacial score (nSPS) is 26.6. The number of aliphatic carboxylic acids is 1. The smallest absolute Gasteiger partial charge is 0.329 e. The van der Waals surface area contributed by atoms with Gasteiger partial charge in [-0.25, -0.2) is 4.79 Å². The minimum absolute atomic E-state index is 0.697. The molecule has 2 heterocycles. The molecule has 0 aliphatic carbocycles. The topological polar surface area (TPSA) is 49.3 Å². The average molecular weight is 211 g/mol. The molecule has 1 aliphatic heterocycles. The Morgan fingerprint density at radius 2 is 2.43 bits per heavy atom. The molecule has 76 valence electrons. The number of aryl methyl sites for hydroxylation is 1. The number of rotatable bonds is 2. The molecular formula is C10H13NO2S. The highest BCUT2D eigenvalue weighted by Crippen LogP contribution is 2.35. The third-order valence-electron chi connectivity index (χ3n) is 2.68. The standard InChI is InChI=1S/C10H13NO2S/c1-7-3-4-8(14-7)10(9(12)13)5-2-6-11-10/h3-4,11H,2,5-6H2,1H3,(H,12,13). The summed E-state index contributed by atoms with van der Waals surface area (Å²) < 4.78 is 0. The van der Waals surface area contributed by atoms with Crippen molar-refractivity contribution in [2.75, 3.05) is 6.54 Å². The summed E-state index contributed by atoms with van der Waals surface area (Å²) in [6.07, 6.45) is 1.63. The first-order valence-electron chi connectivity index (χ1n) is 4.70.